The fourth-order valence-electron chi connectivity index (χ4n) is 3.44. The summed E-state index contributed by atoms with van der Waals surface area (Å²) in [6.07, 6.45) is 2.35. The number of carbonyl (C=O) groups excluding carboxylic acids is 1. The highest BCUT2D eigenvalue weighted by Gasteiger charge is 2.30. The first-order valence-electron chi connectivity index (χ1n) is 8.56. The van der Waals surface area contributed by atoms with Gasteiger partial charge in [0.2, 0.25) is 0 Å². The van der Waals surface area contributed by atoms with Gasteiger partial charge in [0.15, 0.2) is 0 Å². The summed E-state index contributed by atoms with van der Waals surface area (Å²) in [6, 6.07) is 7.02. The van der Waals surface area contributed by atoms with Crippen LogP contribution >= 0.6 is 0 Å². The van der Waals surface area contributed by atoms with Gasteiger partial charge in [0.25, 0.3) is 5.91 Å². The fraction of sp³-hybridized carbons (Fsp3) is 0.421. The molecule has 1 fully saturated rings. The molecule has 1 aliphatic heterocycles. The molecule has 6 heteroatoms. The van der Waals surface area contributed by atoms with E-state index < -0.39 is 5.97 Å². The lowest BCUT2D eigenvalue weighted by Gasteiger charge is -2.16. The van der Waals surface area contributed by atoms with Gasteiger partial charge in [-0.15, -0.1) is 0 Å². The first kappa shape index (κ1) is 17.2. The molecule has 1 aromatic heterocycles. The molecule has 25 heavy (non-hydrogen) atoms. The van der Waals surface area contributed by atoms with Crippen LogP contribution in [0, 0.1) is 12.8 Å². The maximum atomic E-state index is 12.8. The van der Waals surface area contributed by atoms with Crippen molar-refractivity contribution in [3.8, 4) is 0 Å². The number of hydrogen-bond donors (Lipinski definition) is 1. The van der Waals surface area contributed by atoms with Gasteiger partial charge >= 0.3 is 5.97 Å². The molecule has 2 aromatic rings. The van der Waals surface area contributed by atoms with Crippen LogP contribution in [0.1, 0.15) is 51.1 Å². The van der Waals surface area contributed by atoms with Crippen LogP contribution in [0.2, 0.25) is 0 Å². The Hall–Kier alpha value is -2.63. The van der Waals surface area contributed by atoms with E-state index in [4.69, 9.17) is 9.63 Å². The number of benzene rings is 1. The molecule has 1 aromatic carbocycles. The van der Waals surface area contributed by atoms with E-state index in [1.54, 1.807) is 25.1 Å². The Morgan fingerprint density at radius 1 is 1.40 bits per heavy atom. The number of rotatable bonds is 5. The predicted octanol–water partition coefficient (Wildman–Crippen LogP) is 2.95. The standard InChI is InChI=1S/C19H22N2O4/c1-3-16-17(12(2)25-20-16)18(22)21-8-7-14(11-21)9-13-5-4-6-15(10-13)19(23)24/h4-6,10,14H,3,7-9,11H2,1-2H3,(H,23,24). The zero-order valence-corrected chi connectivity index (χ0v) is 14.5. The van der Waals surface area contributed by atoms with Gasteiger partial charge in [-0.25, -0.2) is 4.79 Å². The van der Waals surface area contributed by atoms with E-state index in [1.165, 1.54) is 0 Å². The van der Waals surface area contributed by atoms with E-state index in [0.717, 1.165) is 18.4 Å². The maximum Gasteiger partial charge on any atom is 0.335 e. The summed E-state index contributed by atoms with van der Waals surface area (Å²) >= 11 is 0. The van der Waals surface area contributed by atoms with Gasteiger partial charge in [-0.05, 0) is 49.8 Å². The van der Waals surface area contributed by atoms with Gasteiger partial charge in [-0.3, -0.25) is 4.79 Å². The molecule has 1 unspecified atom stereocenters. The van der Waals surface area contributed by atoms with Crippen molar-refractivity contribution in [3.63, 3.8) is 0 Å². The summed E-state index contributed by atoms with van der Waals surface area (Å²) in [4.78, 5) is 25.7. The van der Waals surface area contributed by atoms with Gasteiger partial charge < -0.3 is 14.5 Å². The molecule has 1 amide bonds. The molecule has 2 heterocycles. The van der Waals surface area contributed by atoms with E-state index >= 15 is 0 Å². The zero-order valence-electron chi connectivity index (χ0n) is 14.5. The van der Waals surface area contributed by atoms with Gasteiger partial charge in [-0.1, -0.05) is 24.2 Å². The lowest BCUT2D eigenvalue weighted by Crippen LogP contribution is -2.30. The number of aryl methyl sites for hydroxylation is 2. The number of carboxylic acids is 1. The second-order valence-electron chi connectivity index (χ2n) is 6.53. The van der Waals surface area contributed by atoms with E-state index in [1.807, 2.05) is 17.9 Å². The summed E-state index contributed by atoms with van der Waals surface area (Å²) in [5.74, 6) is -0.0322. The van der Waals surface area contributed by atoms with Gasteiger partial charge in [0.1, 0.15) is 11.3 Å². The van der Waals surface area contributed by atoms with E-state index in [2.05, 4.69) is 5.16 Å². The van der Waals surface area contributed by atoms with Crippen molar-refractivity contribution < 1.29 is 19.2 Å². The summed E-state index contributed by atoms with van der Waals surface area (Å²) in [7, 11) is 0. The molecule has 1 saturated heterocycles. The Labute approximate surface area is 146 Å². The van der Waals surface area contributed by atoms with Crippen LogP contribution in [-0.4, -0.2) is 40.1 Å². The van der Waals surface area contributed by atoms with Crippen molar-refractivity contribution in [2.75, 3.05) is 13.1 Å². The Bertz CT molecular complexity index is 796. The van der Waals surface area contributed by atoms with Gasteiger partial charge in [0.05, 0.1) is 11.3 Å². The number of amides is 1. The Morgan fingerprint density at radius 2 is 2.20 bits per heavy atom. The maximum absolute atomic E-state index is 12.8. The minimum Gasteiger partial charge on any atom is -0.478 e. The van der Waals surface area contributed by atoms with Gasteiger partial charge in [-0.2, -0.15) is 0 Å². The second-order valence-corrected chi connectivity index (χ2v) is 6.53. The molecule has 0 radical (unpaired) electrons. The van der Waals surface area contributed by atoms with Crippen LogP contribution in [0.5, 0.6) is 0 Å². The van der Waals surface area contributed by atoms with Crippen LogP contribution in [-0.2, 0) is 12.8 Å². The molecule has 132 valence electrons. The molecular weight excluding hydrogens is 320 g/mol. The number of nitrogens with zero attached hydrogens (tertiary/aromatic N) is 2. The Kier molecular flexibility index (Phi) is 4.88. The lowest BCUT2D eigenvalue weighted by atomic mass is 9.97. The number of aromatic nitrogens is 1. The molecule has 0 saturated carbocycles. The third-order valence-corrected chi connectivity index (χ3v) is 4.75. The largest absolute Gasteiger partial charge is 0.478 e. The van der Waals surface area contributed by atoms with Crippen LogP contribution in [0.15, 0.2) is 28.8 Å². The lowest BCUT2D eigenvalue weighted by molar-refractivity contribution is 0.0696. The highest BCUT2D eigenvalue weighted by Crippen LogP contribution is 2.25. The van der Waals surface area contributed by atoms with Gasteiger partial charge in [0, 0.05) is 13.1 Å². The number of carboxylic acid groups (broad SMARTS) is 1. The number of aromatic carboxylic acids is 1. The van der Waals surface area contributed by atoms with E-state index in [9.17, 15) is 9.59 Å². The van der Waals surface area contributed by atoms with Crippen molar-refractivity contribution in [2.45, 2.75) is 33.1 Å². The molecule has 1 atom stereocenters. The van der Waals surface area contributed by atoms with Crippen LogP contribution in [0.25, 0.3) is 0 Å². The quantitative estimate of drug-likeness (QED) is 0.903. The monoisotopic (exact) mass is 342 g/mol. The summed E-state index contributed by atoms with van der Waals surface area (Å²) < 4.78 is 5.17. The fourth-order valence-corrected chi connectivity index (χ4v) is 3.44. The molecule has 0 spiro atoms. The smallest absolute Gasteiger partial charge is 0.335 e. The normalized spacial score (nSPS) is 17.0. The molecule has 1 aliphatic rings. The highest BCUT2D eigenvalue weighted by molar-refractivity contribution is 5.96. The SMILES string of the molecule is CCc1noc(C)c1C(=O)N1CCC(Cc2cccc(C(=O)O)c2)C1. The zero-order chi connectivity index (χ0) is 18.0. The van der Waals surface area contributed by atoms with Crippen LogP contribution in [0.3, 0.4) is 0 Å². The summed E-state index contributed by atoms with van der Waals surface area (Å²) in [6.45, 7) is 5.10. The van der Waals surface area contributed by atoms with E-state index in [-0.39, 0.29) is 5.91 Å². The van der Waals surface area contributed by atoms with E-state index in [0.29, 0.717) is 48.0 Å². The molecule has 0 bridgehead atoms. The van der Waals surface area contributed by atoms with Crippen molar-refractivity contribution in [1.29, 1.82) is 0 Å². The first-order chi connectivity index (χ1) is 12.0. The summed E-state index contributed by atoms with van der Waals surface area (Å²) in [5.41, 5.74) is 2.60. The van der Waals surface area contributed by atoms with Crippen molar-refractivity contribution in [1.82, 2.24) is 10.1 Å². The first-order valence-corrected chi connectivity index (χ1v) is 8.56. The second kappa shape index (κ2) is 7.09. The average molecular weight is 342 g/mol. The summed E-state index contributed by atoms with van der Waals surface area (Å²) in [5, 5.41) is 13.1. The minimum atomic E-state index is -0.917. The molecular formula is C19H22N2O4. The minimum absolute atomic E-state index is 0.0163. The average Bonchev–Trinajstić information content (AvgIpc) is 3.21. The molecule has 3 rings (SSSR count). The number of hydrogen-bond acceptors (Lipinski definition) is 4. The third kappa shape index (κ3) is 3.57. The number of likely N-dealkylation sites (tertiary alicyclic amines) is 1. The van der Waals surface area contributed by atoms with Crippen LogP contribution < -0.4 is 0 Å². The predicted molar refractivity (Wildman–Crippen MR) is 91.7 cm³/mol. The highest BCUT2D eigenvalue weighted by atomic mass is 16.5. The van der Waals surface area contributed by atoms with Crippen molar-refractivity contribution in [3.05, 3.63) is 52.4 Å². The third-order valence-electron chi connectivity index (χ3n) is 4.75. The topological polar surface area (TPSA) is 83.6 Å². The van der Waals surface area contributed by atoms with Crippen LogP contribution in [0.4, 0.5) is 0 Å². The number of carbonyl (C=O) groups is 2. The molecule has 0 aliphatic carbocycles. The molecule has 6 nitrogen and oxygen atoms in total. The Balaban J connectivity index is 1.67. The van der Waals surface area contributed by atoms with Crippen molar-refractivity contribution in [2.24, 2.45) is 5.92 Å². The van der Waals surface area contributed by atoms with Crippen molar-refractivity contribution >= 4 is 11.9 Å². The molecule has 1 N–H and O–H groups in total. The Morgan fingerprint density at radius 3 is 2.92 bits per heavy atom.